The van der Waals surface area contributed by atoms with Crippen LogP contribution in [0.2, 0.25) is 0 Å². The molecule has 1 amide bonds. The number of amides is 1. The lowest BCUT2D eigenvalue weighted by atomic mass is 10.1. The van der Waals surface area contributed by atoms with Crippen LogP contribution in [0.5, 0.6) is 0 Å². The van der Waals surface area contributed by atoms with E-state index in [1.165, 1.54) is 11.0 Å². The monoisotopic (exact) mass is 225 g/mol. The van der Waals surface area contributed by atoms with Crippen molar-refractivity contribution < 1.29 is 14.7 Å². The Balaban J connectivity index is 4.61. The fourth-order valence-corrected chi connectivity index (χ4v) is 1.16. The highest BCUT2D eigenvalue weighted by Crippen LogP contribution is 2.03. The molecule has 0 spiro atoms. The molecule has 0 aromatic carbocycles. The Morgan fingerprint density at radius 1 is 1.44 bits per heavy atom. The molecule has 1 N–H and O–H groups in total. The predicted octanol–water partition coefficient (Wildman–Crippen LogP) is 1.69. The molecule has 0 bridgehead atoms. The molecule has 0 saturated heterocycles. The second-order valence-corrected chi connectivity index (χ2v) is 3.99. The van der Waals surface area contributed by atoms with E-state index in [1.54, 1.807) is 13.0 Å². The van der Waals surface area contributed by atoms with Crippen LogP contribution < -0.4 is 0 Å². The van der Waals surface area contributed by atoms with Gasteiger partial charge in [0.25, 0.3) is 0 Å². The van der Waals surface area contributed by atoms with Gasteiger partial charge in [0, 0.05) is 19.2 Å². The van der Waals surface area contributed by atoms with Gasteiger partial charge in [0.2, 0.25) is 5.91 Å². The zero-order chi connectivity index (χ0) is 12.7. The maximum atomic E-state index is 11.7. The molecule has 0 radical (unpaired) electrons. The van der Waals surface area contributed by atoms with E-state index in [2.05, 4.69) is 6.58 Å². The van der Waals surface area contributed by atoms with E-state index in [4.69, 9.17) is 5.11 Å². The normalized spacial score (nSPS) is 11.4. The Hall–Kier alpha value is -1.58. The van der Waals surface area contributed by atoms with Gasteiger partial charge in [-0.15, -0.1) is 6.58 Å². The zero-order valence-corrected chi connectivity index (χ0v) is 10.1. The molecular formula is C12H19NO3. The molecule has 0 aliphatic rings. The van der Waals surface area contributed by atoms with Crippen LogP contribution in [0.15, 0.2) is 24.3 Å². The molecule has 0 aromatic heterocycles. The molecule has 16 heavy (non-hydrogen) atoms. The van der Waals surface area contributed by atoms with E-state index < -0.39 is 11.9 Å². The van der Waals surface area contributed by atoms with Crippen molar-refractivity contribution in [1.82, 2.24) is 4.90 Å². The minimum Gasteiger partial charge on any atom is -0.481 e. The predicted molar refractivity (Wildman–Crippen MR) is 63.0 cm³/mol. The number of allylic oxidation sites excluding steroid dienone is 1. The van der Waals surface area contributed by atoms with Crippen molar-refractivity contribution in [2.24, 2.45) is 5.92 Å². The molecule has 1 atom stereocenters. The molecule has 0 aliphatic heterocycles. The third-order valence-corrected chi connectivity index (χ3v) is 1.99. The summed E-state index contributed by atoms with van der Waals surface area (Å²) in [7, 11) is 0. The highest BCUT2D eigenvalue weighted by Gasteiger charge is 2.18. The first-order valence-electron chi connectivity index (χ1n) is 5.16. The van der Waals surface area contributed by atoms with Crippen molar-refractivity contribution in [3.63, 3.8) is 0 Å². The van der Waals surface area contributed by atoms with Gasteiger partial charge in [-0.25, -0.2) is 0 Å². The van der Waals surface area contributed by atoms with Crippen molar-refractivity contribution in [2.45, 2.75) is 20.8 Å². The zero-order valence-electron chi connectivity index (χ0n) is 10.1. The topological polar surface area (TPSA) is 57.6 Å². The number of carboxylic acids is 1. The van der Waals surface area contributed by atoms with Crippen LogP contribution >= 0.6 is 0 Å². The summed E-state index contributed by atoms with van der Waals surface area (Å²) in [5, 5.41) is 8.78. The van der Waals surface area contributed by atoms with E-state index in [9.17, 15) is 9.59 Å². The highest BCUT2D eigenvalue weighted by molar-refractivity contribution is 5.88. The smallest absolute Gasteiger partial charge is 0.308 e. The molecule has 0 aromatic rings. The fourth-order valence-electron chi connectivity index (χ4n) is 1.16. The van der Waals surface area contributed by atoms with E-state index in [0.717, 1.165) is 5.57 Å². The molecule has 1 unspecified atom stereocenters. The number of aliphatic carboxylic acids is 1. The largest absolute Gasteiger partial charge is 0.481 e. The van der Waals surface area contributed by atoms with Crippen LogP contribution in [0.4, 0.5) is 0 Å². The summed E-state index contributed by atoms with van der Waals surface area (Å²) in [5.74, 6) is -1.65. The van der Waals surface area contributed by atoms with Crippen molar-refractivity contribution in [1.29, 1.82) is 0 Å². The number of carboxylic acid groups (broad SMARTS) is 1. The average molecular weight is 225 g/mol. The summed E-state index contributed by atoms with van der Waals surface area (Å²) in [6, 6.07) is 0. The van der Waals surface area contributed by atoms with Crippen LogP contribution in [-0.2, 0) is 9.59 Å². The molecule has 4 nitrogen and oxygen atoms in total. The van der Waals surface area contributed by atoms with Gasteiger partial charge in [-0.2, -0.15) is 0 Å². The number of carbonyl (C=O) groups is 2. The molecule has 0 fully saturated rings. The number of rotatable bonds is 6. The van der Waals surface area contributed by atoms with Crippen LogP contribution in [0.1, 0.15) is 20.8 Å². The van der Waals surface area contributed by atoms with Crippen molar-refractivity contribution in [2.75, 3.05) is 13.1 Å². The van der Waals surface area contributed by atoms with E-state index in [-0.39, 0.29) is 12.5 Å². The summed E-state index contributed by atoms with van der Waals surface area (Å²) in [6.45, 7) is 9.34. The van der Waals surface area contributed by atoms with Gasteiger partial charge < -0.3 is 10.0 Å². The number of carbonyl (C=O) groups excluding carboxylic acids is 1. The van der Waals surface area contributed by atoms with E-state index >= 15 is 0 Å². The SMILES string of the molecule is C=CCN(CC(C)C(=O)O)C(=O)C=C(C)C. The van der Waals surface area contributed by atoms with Crippen molar-refractivity contribution >= 4 is 11.9 Å². The Bertz CT molecular complexity index is 303. The minimum atomic E-state index is -0.904. The van der Waals surface area contributed by atoms with Gasteiger partial charge in [-0.3, -0.25) is 9.59 Å². The molecule has 4 heteroatoms. The summed E-state index contributed by atoms with van der Waals surface area (Å²) in [4.78, 5) is 23.9. The number of nitrogens with zero attached hydrogens (tertiary/aromatic N) is 1. The standard InChI is InChI=1S/C12H19NO3/c1-5-6-13(8-10(4)12(15)16)11(14)7-9(2)3/h5,7,10H,1,6,8H2,2-4H3,(H,15,16). The maximum Gasteiger partial charge on any atom is 0.308 e. The first-order chi connectivity index (χ1) is 7.38. The highest BCUT2D eigenvalue weighted by atomic mass is 16.4. The lowest BCUT2D eigenvalue weighted by molar-refractivity contribution is -0.142. The summed E-state index contributed by atoms with van der Waals surface area (Å²) < 4.78 is 0. The fraction of sp³-hybridized carbons (Fsp3) is 0.500. The van der Waals surface area contributed by atoms with Gasteiger partial charge in [-0.1, -0.05) is 18.6 Å². The lowest BCUT2D eigenvalue weighted by Crippen LogP contribution is -2.36. The molecule has 90 valence electrons. The molecule has 0 heterocycles. The average Bonchev–Trinajstić information content (AvgIpc) is 2.15. The quantitative estimate of drug-likeness (QED) is 0.552. The third-order valence-electron chi connectivity index (χ3n) is 1.99. The van der Waals surface area contributed by atoms with Gasteiger partial charge in [0.15, 0.2) is 0 Å². The Kier molecular flexibility index (Phi) is 6.15. The summed E-state index contributed by atoms with van der Waals surface area (Å²) in [5.41, 5.74) is 0.891. The van der Waals surface area contributed by atoms with Crippen LogP contribution in [0.25, 0.3) is 0 Å². The lowest BCUT2D eigenvalue weighted by Gasteiger charge is -2.21. The van der Waals surface area contributed by atoms with Crippen LogP contribution in [0.3, 0.4) is 0 Å². The van der Waals surface area contributed by atoms with E-state index in [1.807, 2.05) is 13.8 Å². The second-order valence-electron chi connectivity index (χ2n) is 3.99. The Morgan fingerprint density at radius 3 is 2.38 bits per heavy atom. The van der Waals surface area contributed by atoms with Crippen molar-refractivity contribution in [3.8, 4) is 0 Å². The second kappa shape index (κ2) is 6.82. The number of hydrogen-bond acceptors (Lipinski definition) is 2. The molecule has 0 saturated carbocycles. The van der Waals surface area contributed by atoms with Gasteiger partial charge >= 0.3 is 5.97 Å². The Morgan fingerprint density at radius 2 is 2.00 bits per heavy atom. The first-order valence-corrected chi connectivity index (χ1v) is 5.16. The van der Waals surface area contributed by atoms with Gasteiger partial charge in [0.05, 0.1) is 5.92 Å². The molecule has 0 aliphatic carbocycles. The van der Waals surface area contributed by atoms with E-state index in [0.29, 0.717) is 6.54 Å². The summed E-state index contributed by atoms with van der Waals surface area (Å²) >= 11 is 0. The van der Waals surface area contributed by atoms with Crippen LogP contribution in [-0.4, -0.2) is 35.0 Å². The molecule has 0 rings (SSSR count). The summed E-state index contributed by atoms with van der Waals surface area (Å²) in [6.07, 6.45) is 3.09. The maximum absolute atomic E-state index is 11.7. The van der Waals surface area contributed by atoms with Gasteiger partial charge in [0.1, 0.15) is 0 Å². The van der Waals surface area contributed by atoms with Gasteiger partial charge in [-0.05, 0) is 13.8 Å². The third kappa shape index (κ3) is 5.34. The van der Waals surface area contributed by atoms with Crippen LogP contribution in [0, 0.1) is 5.92 Å². The number of hydrogen-bond donors (Lipinski definition) is 1. The first kappa shape index (κ1) is 14.4. The minimum absolute atomic E-state index is 0.173. The molecular weight excluding hydrogens is 206 g/mol. The van der Waals surface area contributed by atoms with Crippen molar-refractivity contribution in [3.05, 3.63) is 24.3 Å². The Labute approximate surface area is 96.3 Å².